The van der Waals surface area contributed by atoms with Crippen molar-refractivity contribution in [3.8, 4) is 0 Å². The average molecular weight is 336 g/mol. The molecule has 0 bridgehead atoms. The van der Waals surface area contributed by atoms with Gasteiger partial charge in [0.05, 0.1) is 13.2 Å². The zero-order valence-corrected chi connectivity index (χ0v) is 12.3. The summed E-state index contributed by atoms with van der Waals surface area (Å²) in [5, 5.41) is 17.2. The molecule has 0 fully saturated rings. The van der Waals surface area contributed by atoms with Crippen LogP contribution >= 0.6 is 0 Å². The summed E-state index contributed by atoms with van der Waals surface area (Å²) in [4.78, 5) is 23.7. The number of carbonyl (C=O) groups excluding carboxylic acids is 2. The molecule has 1 atom stereocenters. The summed E-state index contributed by atoms with van der Waals surface area (Å²) in [6.45, 7) is -1.71. The minimum atomic E-state index is -4.95. The van der Waals surface area contributed by atoms with Crippen molar-refractivity contribution in [3.05, 3.63) is 23.8 Å². The summed E-state index contributed by atoms with van der Waals surface area (Å²) in [7, 11) is -4.95. The lowest BCUT2D eigenvalue weighted by Crippen LogP contribution is -2.47. The van der Waals surface area contributed by atoms with Crippen molar-refractivity contribution in [3.63, 3.8) is 0 Å². The van der Waals surface area contributed by atoms with E-state index in [1.807, 2.05) is 0 Å². The first-order valence-electron chi connectivity index (χ1n) is 6.20. The van der Waals surface area contributed by atoms with Crippen molar-refractivity contribution >= 4 is 22.1 Å². The summed E-state index contributed by atoms with van der Waals surface area (Å²) in [5.74, 6) is -2.25. The van der Waals surface area contributed by atoms with E-state index in [4.69, 9.17) is 10.2 Å². The lowest BCUT2D eigenvalue weighted by Gasteiger charge is -2.27. The number of aliphatic hydroxyl groups is 2. The van der Waals surface area contributed by atoms with Crippen molar-refractivity contribution in [2.45, 2.75) is 11.2 Å². The van der Waals surface area contributed by atoms with Gasteiger partial charge in [-0.05, 0) is 6.08 Å². The molecule has 22 heavy (non-hydrogen) atoms. The van der Waals surface area contributed by atoms with E-state index < -0.39 is 53.0 Å². The standard InChI is InChI=1S/C12H16O9S/c13-4-6-20-10(15)9-2-1-3-12(8-9,22(17,18)19)11(16)21-7-5-14/h1-3,13-14H,4-8H2,(H,17,18,19). The van der Waals surface area contributed by atoms with Gasteiger partial charge in [0.1, 0.15) is 13.2 Å². The van der Waals surface area contributed by atoms with Crippen LogP contribution in [0.2, 0.25) is 0 Å². The van der Waals surface area contributed by atoms with Gasteiger partial charge in [0, 0.05) is 12.0 Å². The van der Waals surface area contributed by atoms with E-state index in [2.05, 4.69) is 9.47 Å². The third-order valence-corrected chi connectivity index (χ3v) is 4.20. The molecule has 1 aliphatic rings. The van der Waals surface area contributed by atoms with Crippen LogP contribution in [-0.2, 0) is 29.2 Å². The lowest BCUT2D eigenvalue weighted by atomic mass is 9.93. The van der Waals surface area contributed by atoms with Crippen LogP contribution in [-0.4, -0.2) is 66.3 Å². The topological polar surface area (TPSA) is 147 Å². The first-order chi connectivity index (χ1) is 10.3. The summed E-state index contributed by atoms with van der Waals surface area (Å²) < 4.78 is 39.3. The van der Waals surface area contributed by atoms with E-state index in [-0.39, 0.29) is 12.2 Å². The quantitative estimate of drug-likeness (QED) is 0.376. The third-order valence-electron chi connectivity index (χ3n) is 2.83. The Morgan fingerprint density at radius 2 is 1.77 bits per heavy atom. The maximum Gasteiger partial charge on any atom is 0.334 e. The van der Waals surface area contributed by atoms with Crippen molar-refractivity contribution < 1.29 is 42.2 Å². The van der Waals surface area contributed by atoms with Crippen molar-refractivity contribution in [2.24, 2.45) is 0 Å². The number of aliphatic hydroxyl groups excluding tert-OH is 2. The number of hydrogen-bond acceptors (Lipinski definition) is 8. The molecular formula is C12H16O9S. The van der Waals surface area contributed by atoms with Crippen LogP contribution in [0, 0.1) is 0 Å². The van der Waals surface area contributed by atoms with Crippen LogP contribution in [0.3, 0.4) is 0 Å². The lowest BCUT2D eigenvalue weighted by molar-refractivity contribution is -0.146. The molecule has 1 unspecified atom stereocenters. The Morgan fingerprint density at radius 1 is 1.18 bits per heavy atom. The molecule has 10 heteroatoms. The first-order valence-corrected chi connectivity index (χ1v) is 7.64. The molecule has 0 spiro atoms. The molecule has 0 aromatic rings. The maximum atomic E-state index is 12.0. The molecule has 1 rings (SSSR count). The molecule has 1 aliphatic carbocycles. The largest absolute Gasteiger partial charge is 0.462 e. The Morgan fingerprint density at radius 3 is 2.32 bits per heavy atom. The molecule has 0 saturated carbocycles. The fraction of sp³-hybridized carbons (Fsp3) is 0.500. The molecule has 9 nitrogen and oxygen atoms in total. The van der Waals surface area contributed by atoms with Gasteiger partial charge >= 0.3 is 11.9 Å². The molecule has 3 N–H and O–H groups in total. The Labute approximate surface area is 126 Å². The van der Waals surface area contributed by atoms with Crippen LogP contribution in [0.5, 0.6) is 0 Å². The fourth-order valence-corrected chi connectivity index (χ4v) is 2.63. The summed E-state index contributed by atoms with van der Waals surface area (Å²) in [6.07, 6.45) is 2.54. The summed E-state index contributed by atoms with van der Waals surface area (Å²) >= 11 is 0. The zero-order chi connectivity index (χ0) is 16.8. The van der Waals surface area contributed by atoms with Crippen molar-refractivity contribution in [2.75, 3.05) is 26.4 Å². The Balaban J connectivity index is 3.07. The SMILES string of the molecule is O=C(OCCO)C1=CC=CC(C(=O)OCCO)(S(=O)(=O)O)C1. The second-order valence-corrected chi connectivity index (χ2v) is 5.99. The monoisotopic (exact) mass is 336 g/mol. The third kappa shape index (κ3) is 3.91. The van der Waals surface area contributed by atoms with Gasteiger partial charge in [-0.1, -0.05) is 12.2 Å². The normalized spacial score (nSPS) is 21.1. The number of allylic oxidation sites excluding steroid dienone is 2. The molecular weight excluding hydrogens is 320 g/mol. The fourth-order valence-electron chi connectivity index (χ4n) is 1.77. The van der Waals surface area contributed by atoms with E-state index in [9.17, 15) is 22.6 Å². The van der Waals surface area contributed by atoms with Gasteiger partial charge < -0.3 is 19.7 Å². The van der Waals surface area contributed by atoms with Gasteiger partial charge in [-0.2, -0.15) is 8.42 Å². The first kappa shape index (κ1) is 18.3. The predicted octanol–water partition coefficient (Wildman–Crippen LogP) is -1.43. The molecule has 0 amide bonds. The summed E-state index contributed by atoms with van der Waals surface area (Å²) in [5.41, 5.74) is -0.186. The van der Waals surface area contributed by atoms with Crippen LogP contribution < -0.4 is 0 Å². The summed E-state index contributed by atoms with van der Waals surface area (Å²) in [6, 6.07) is 0. The minimum Gasteiger partial charge on any atom is -0.462 e. The van der Waals surface area contributed by atoms with Crippen LogP contribution in [0.15, 0.2) is 23.8 Å². The van der Waals surface area contributed by atoms with Gasteiger partial charge in [0.15, 0.2) is 0 Å². The number of esters is 2. The molecule has 0 saturated heterocycles. The second kappa shape index (κ2) is 7.49. The van der Waals surface area contributed by atoms with E-state index in [1.165, 1.54) is 6.08 Å². The van der Waals surface area contributed by atoms with Crippen LogP contribution in [0.25, 0.3) is 0 Å². The molecule has 0 aliphatic heterocycles. The molecule has 0 heterocycles. The molecule has 124 valence electrons. The Bertz CT molecular complexity index is 590. The molecule has 0 radical (unpaired) electrons. The highest BCUT2D eigenvalue weighted by Crippen LogP contribution is 2.32. The number of hydrogen-bond donors (Lipinski definition) is 3. The molecule has 0 aromatic carbocycles. The highest BCUT2D eigenvalue weighted by Gasteiger charge is 2.52. The van der Waals surface area contributed by atoms with Gasteiger partial charge in [0.25, 0.3) is 10.1 Å². The van der Waals surface area contributed by atoms with E-state index in [0.717, 1.165) is 12.2 Å². The van der Waals surface area contributed by atoms with E-state index in [0.29, 0.717) is 0 Å². The van der Waals surface area contributed by atoms with Crippen LogP contribution in [0.4, 0.5) is 0 Å². The van der Waals surface area contributed by atoms with E-state index >= 15 is 0 Å². The zero-order valence-electron chi connectivity index (χ0n) is 11.5. The Hall–Kier alpha value is -1.75. The van der Waals surface area contributed by atoms with Gasteiger partial charge in [-0.15, -0.1) is 0 Å². The average Bonchev–Trinajstić information content (AvgIpc) is 2.49. The van der Waals surface area contributed by atoms with Crippen molar-refractivity contribution in [1.29, 1.82) is 0 Å². The van der Waals surface area contributed by atoms with Gasteiger partial charge in [-0.25, -0.2) is 9.59 Å². The van der Waals surface area contributed by atoms with E-state index in [1.54, 1.807) is 0 Å². The Kier molecular flexibility index (Phi) is 6.23. The minimum absolute atomic E-state index is 0.186. The van der Waals surface area contributed by atoms with Gasteiger partial charge in [-0.3, -0.25) is 4.55 Å². The maximum absolute atomic E-state index is 12.0. The second-order valence-electron chi connectivity index (χ2n) is 4.31. The highest BCUT2D eigenvalue weighted by atomic mass is 32.2. The number of rotatable bonds is 7. The number of carbonyl (C=O) groups is 2. The molecule has 0 aromatic heterocycles. The highest BCUT2D eigenvalue weighted by molar-refractivity contribution is 7.88. The van der Waals surface area contributed by atoms with Crippen LogP contribution in [0.1, 0.15) is 6.42 Å². The van der Waals surface area contributed by atoms with Crippen molar-refractivity contribution in [1.82, 2.24) is 0 Å². The predicted molar refractivity (Wildman–Crippen MR) is 72.2 cm³/mol. The number of ether oxygens (including phenoxy) is 2. The smallest absolute Gasteiger partial charge is 0.334 e. The van der Waals surface area contributed by atoms with Gasteiger partial charge in [0.2, 0.25) is 4.75 Å².